The molecule has 0 unspecified atom stereocenters. The van der Waals surface area contributed by atoms with Crippen LogP contribution in [0, 0.1) is 0 Å². The summed E-state index contributed by atoms with van der Waals surface area (Å²) in [5.74, 6) is -1.89. The van der Waals surface area contributed by atoms with Crippen LogP contribution < -0.4 is 68.4 Å². The molecule has 0 aromatic rings. The number of carboxylic acid groups (broad SMARTS) is 1. The van der Waals surface area contributed by atoms with E-state index in [1.165, 1.54) is 0 Å². The molecule has 0 aliphatic carbocycles. The van der Waals surface area contributed by atoms with Crippen LogP contribution in [0.5, 0.6) is 0 Å². The molecule has 13 heteroatoms. The fourth-order valence-electron chi connectivity index (χ4n) is 0.242. The molecule has 0 aliphatic heterocycles. The van der Waals surface area contributed by atoms with Gasteiger partial charge in [0.15, 0.2) is 0 Å². The Kier molecular flexibility index (Phi) is 12.6. The molecule has 0 spiro atoms. The van der Waals surface area contributed by atoms with E-state index in [4.69, 9.17) is 0 Å². The Morgan fingerprint density at radius 3 is 1.80 bits per heavy atom. The second kappa shape index (κ2) is 8.67. The van der Waals surface area contributed by atoms with Gasteiger partial charge < -0.3 is 0 Å². The van der Waals surface area contributed by atoms with Crippen molar-refractivity contribution in [2.24, 2.45) is 0 Å². The molecule has 0 saturated heterocycles. The van der Waals surface area contributed by atoms with Gasteiger partial charge >= 0.3 is 135 Å². The minimum absolute atomic E-state index is 0. The molecule has 0 saturated carbocycles. The quantitative estimate of drug-likeness (QED) is 0.450. The van der Waals surface area contributed by atoms with E-state index in [9.17, 15) is 29.3 Å². The van der Waals surface area contributed by atoms with Gasteiger partial charge in [-0.15, -0.1) is 0 Å². The molecule has 9 nitrogen and oxygen atoms in total. The van der Waals surface area contributed by atoms with Crippen molar-refractivity contribution in [3.63, 3.8) is 0 Å². The summed E-state index contributed by atoms with van der Waals surface area (Å²) in [7, 11) is 0. The van der Waals surface area contributed by atoms with Gasteiger partial charge in [0.25, 0.3) is 0 Å². The maximum absolute atomic E-state index is 10.3. The van der Waals surface area contributed by atoms with Crippen LogP contribution in [-0.4, -0.2) is 12.6 Å². The van der Waals surface area contributed by atoms with E-state index < -0.39 is 39.8 Å². The first kappa shape index (κ1) is 21.9. The van der Waals surface area contributed by atoms with Crippen molar-refractivity contribution in [3.05, 3.63) is 0 Å². The Morgan fingerprint density at radius 1 is 1.13 bits per heavy atom. The predicted octanol–water partition coefficient (Wildman–Crippen LogP) is -9.51. The van der Waals surface area contributed by atoms with E-state index in [0.717, 1.165) is 0 Å². The van der Waals surface area contributed by atoms with E-state index in [-0.39, 0.29) is 59.1 Å². The first-order valence-corrected chi connectivity index (χ1v) is 6.55. The van der Waals surface area contributed by atoms with Crippen molar-refractivity contribution in [3.8, 4) is 0 Å². The fraction of sp³-hybridized carbons (Fsp3) is 0.500. The summed E-state index contributed by atoms with van der Waals surface area (Å²) in [5, 5.41) is 9.65. The third-order valence-corrected chi connectivity index (χ3v) is 3.79. The van der Waals surface area contributed by atoms with Gasteiger partial charge in [-0.05, 0) is 0 Å². The van der Waals surface area contributed by atoms with Crippen LogP contribution in [0.3, 0.4) is 0 Å². The molecule has 0 fully saturated rings. The fourth-order valence-corrected chi connectivity index (χ4v) is 2.56. The van der Waals surface area contributed by atoms with E-state index in [2.05, 4.69) is 6.63 Å². The molecule has 0 rings (SSSR count). The number of carbonyl (C=O) groups excluding carboxylic acids is 1. The Hall–Kier alpha value is 1.61. The smallest absolute Gasteiger partial charge is 1.00 e. The van der Waals surface area contributed by atoms with Crippen LogP contribution >= 0.6 is 0 Å². The summed E-state index contributed by atoms with van der Waals surface area (Å²) in [4.78, 5) is 9.65. The van der Waals surface area contributed by atoms with Gasteiger partial charge in [0, 0.05) is 0 Å². The molecule has 0 bridgehead atoms. The summed E-state index contributed by atoms with van der Waals surface area (Å²) < 4.78 is 56.5. The van der Waals surface area contributed by atoms with Gasteiger partial charge in [-0.3, -0.25) is 0 Å². The standard InChI is InChI=1S/C2H3O3.2Cr.2Na.6O/c3-1-2(4)5;;;;;;;;;;/h1H2,(H,4,5);;;;;;;;;;/q-1;;3*+1;;;;;;-1/p-1. The second-order valence-corrected chi connectivity index (χ2v) is 5.53. The Bertz CT molecular complexity index is 380. The molecule has 0 aliphatic rings. The molecule has 0 N–H and O–H groups in total. The van der Waals surface area contributed by atoms with Gasteiger partial charge in [-0.2, -0.15) is 0 Å². The first-order valence-electron chi connectivity index (χ1n) is 2.38. The normalized spacial score (nSPS) is 11.0. The number of hydrogen-bond donors (Lipinski definition) is 0. The Morgan fingerprint density at radius 2 is 1.53 bits per heavy atom. The molecule has 0 amide bonds. The average molecular weight is 320 g/mol. The monoisotopic (exact) mass is 320 g/mol. The molecule has 0 heterocycles. The summed E-state index contributed by atoms with van der Waals surface area (Å²) >= 11 is -12.0. The minimum atomic E-state index is -6.18. The maximum atomic E-state index is 10.3. The number of hydrogen-bond acceptors (Lipinski definition) is 9. The van der Waals surface area contributed by atoms with Crippen LogP contribution in [0.1, 0.15) is 0 Å². The zero-order chi connectivity index (χ0) is 10.7. The number of carboxylic acids is 1. The molecule has 15 heavy (non-hydrogen) atoms. The van der Waals surface area contributed by atoms with Crippen molar-refractivity contribution >= 4 is 5.97 Å². The van der Waals surface area contributed by atoms with Crippen molar-refractivity contribution < 1.29 is 122 Å². The number of aliphatic carboxylic acids is 1. The Balaban J connectivity index is -0.000000720. The summed E-state index contributed by atoms with van der Waals surface area (Å²) in [6, 6.07) is 0. The maximum Gasteiger partial charge on any atom is 1.00 e. The molecule has 0 aromatic carbocycles. The van der Waals surface area contributed by atoms with Crippen LogP contribution in [0.15, 0.2) is 0 Å². The van der Waals surface area contributed by atoms with Gasteiger partial charge in [-0.25, -0.2) is 0 Å². The van der Waals surface area contributed by atoms with Crippen molar-refractivity contribution in [2.45, 2.75) is 0 Å². The van der Waals surface area contributed by atoms with Crippen LogP contribution in [-0.2, 0) is 53.9 Å². The summed E-state index contributed by atoms with van der Waals surface area (Å²) in [5.41, 5.74) is 0. The van der Waals surface area contributed by atoms with E-state index in [1.54, 1.807) is 0 Å². The second-order valence-electron chi connectivity index (χ2n) is 1.52. The van der Waals surface area contributed by atoms with Crippen LogP contribution in [0.2, 0.25) is 0 Å². The average Bonchev–Trinajstić information content (AvgIpc) is 1.78. The largest absolute Gasteiger partial charge is 1.00 e. The molecular formula is C2H2Cr2Na2O9. The van der Waals surface area contributed by atoms with Crippen molar-refractivity contribution in [1.82, 2.24) is 0 Å². The van der Waals surface area contributed by atoms with Gasteiger partial charge in [0.1, 0.15) is 0 Å². The summed E-state index contributed by atoms with van der Waals surface area (Å²) in [6.45, 7) is -1.40. The van der Waals surface area contributed by atoms with E-state index in [0.29, 0.717) is 0 Å². The Labute approximate surface area is 133 Å². The zero-order valence-corrected chi connectivity index (χ0v) is 14.2. The van der Waals surface area contributed by atoms with Gasteiger partial charge in [0.2, 0.25) is 0 Å². The van der Waals surface area contributed by atoms with Gasteiger partial charge in [-0.1, -0.05) is 0 Å². The first-order chi connectivity index (χ1) is 5.62. The minimum Gasteiger partial charge on any atom is 1.00 e. The van der Waals surface area contributed by atoms with Crippen molar-refractivity contribution in [1.29, 1.82) is 0 Å². The third kappa shape index (κ3) is 15.6. The summed E-state index contributed by atoms with van der Waals surface area (Å²) in [6.07, 6.45) is 0. The zero-order valence-electron chi connectivity index (χ0n) is 7.70. The molecule has 0 atom stereocenters. The van der Waals surface area contributed by atoms with Gasteiger partial charge in [0.05, 0.1) is 0 Å². The molecule has 78 valence electrons. The van der Waals surface area contributed by atoms with E-state index >= 15 is 0 Å². The molecule has 0 aromatic heterocycles. The number of carbonyl (C=O) groups is 1. The van der Waals surface area contributed by atoms with E-state index in [1.807, 2.05) is 0 Å². The predicted molar refractivity (Wildman–Crippen MR) is 14.8 cm³/mol. The van der Waals surface area contributed by atoms with Crippen LogP contribution in [0.25, 0.3) is 0 Å². The third-order valence-electron chi connectivity index (χ3n) is 0.488. The SMILES string of the molecule is O=C([O-])C[O][Cr](=[O])(=[O])[O][Cr](=[O])(=[O])[O-].[Na+].[Na+]. The number of rotatable bonds is 5. The van der Waals surface area contributed by atoms with Crippen molar-refractivity contribution in [2.75, 3.05) is 6.61 Å². The van der Waals surface area contributed by atoms with Crippen LogP contribution in [0.4, 0.5) is 0 Å². The molecule has 0 radical (unpaired) electrons. The topological polar surface area (TPSA) is 150 Å². The molecular weight excluding hydrogens is 318 g/mol.